The van der Waals surface area contributed by atoms with Gasteiger partial charge in [-0.05, 0) is 44.2 Å². The van der Waals surface area contributed by atoms with Gasteiger partial charge in [0.05, 0.1) is 25.7 Å². The molecule has 0 aliphatic heterocycles. The van der Waals surface area contributed by atoms with E-state index in [9.17, 15) is 0 Å². The molecule has 10 heteroatoms. The Hall–Kier alpha value is -5.12. The van der Waals surface area contributed by atoms with Crippen molar-refractivity contribution in [2.45, 2.75) is 72.3 Å². The van der Waals surface area contributed by atoms with E-state index in [1.165, 1.54) is 0 Å². The fourth-order valence-electron chi connectivity index (χ4n) is 5.71. The van der Waals surface area contributed by atoms with E-state index in [2.05, 4.69) is 175 Å². The van der Waals surface area contributed by atoms with Crippen LogP contribution in [0.5, 0.6) is 0 Å². The van der Waals surface area contributed by atoms with E-state index in [1.807, 2.05) is 0 Å². The first kappa shape index (κ1) is 31.8. The van der Waals surface area contributed by atoms with E-state index in [0.717, 1.165) is 51.2 Å². The monoisotopic (exact) mass is 628 g/mol. The van der Waals surface area contributed by atoms with Crippen LogP contribution in [0.15, 0.2) is 79.9 Å². The summed E-state index contributed by atoms with van der Waals surface area (Å²) in [5.41, 5.74) is 4.62. The number of benzene rings is 2. The van der Waals surface area contributed by atoms with Crippen LogP contribution in [-0.4, -0.2) is 39.0 Å². The molecule has 0 fully saturated rings. The molecule has 0 aliphatic rings. The summed E-state index contributed by atoms with van der Waals surface area (Å²) in [6.45, 7) is 17.1. The van der Waals surface area contributed by atoms with Crippen LogP contribution in [0.25, 0.3) is 51.2 Å². The minimum Gasteiger partial charge on any atom is -0.233 e. The molecule has 0 radical (unpaired) electrons. The number of hydrogen-bond donors (Lipinski definition) is 0. The van der Waals surface area contributed by atoms with Crippen LogP contribution in [0.1, 0.15) is 73.1 Å². The summed E-state index contributed by atoms with van der Waals surface area (Å²) in [7, 11) is 4.16. The average molecular weight is 629 g/mol. The molecule has 0 N–H and O–H groups in total. The molecule has 6 rings (SSSR count). The van der Waals surface area contributed by atoms with Gasteiger partial charge in [-0.15, -0.1) is 0 Å². The van der Waals surface area contributed by atoms with E-state index < -0.39 is 0 Å². The molecular formula is C37H44N10+2. The Balaban J connectivity index is 1.54. The van der Waals surface area contributed by atoms with E-state index in [4.69, 9.17) is 9.97 Å². The first-order valence-corrected chi connectivity index (χ1v) is 16.0. The summed E-state index contributed by atoms with van der Waals surface area (Å²) in [6, 6.07) is 15.1. The first-order chi connectivity index (χ1) is 22.2. The minimum atomic E-state index is -0.196. The van der Waals surface area contributed by atoms with Crippen molar-refractivity contribution in [3.05, 3.63) is 91.6 Å². The quantitative estimate of drug-likeness (QED) is 0.206. The van der Waals surface area contributed by atoms with Crippen molar-refractivity contribution >= 4 is 0 Å². The van der Waals surface area contributed by atoms with Gasteiger partial charge in [0.2, 0.25) is 0 Å². The molecule has 240 valence electrons. The highest BCUT2D eigenvalue weighted by Crippen LogP contribution is 2.34. The van der Waals surface area contributed by atoms with Gasteiger partial charge >= 0.3 is 0 Å². The number of aryl methyl sites for hydroxylation is 2. The molecule has 47 heavy (non-hydrogen) atoms. The molecule has 2 aromatic carbocycles. The first-order valence-electron chi connectivity index (χ1n) is 16.0. The zero-order chi connectivity index (χ0) is 33.7. The minimum absolute atomic E-state index is 0.182. The van der Waals surface area contributed by atoms with Crippen molar-refractivity contribution < 1.29 is 9.13 Å². The fraction of sp³-hybridized carbons (Fsp3) is 0.351. The van der Waals surface area contributed by atoms with Crippen LogP contribution >= 0.6 is 0 Å². The second-order valence-electron chi connectivity index (χ2n) is 14.4. The Kier molecular flexibility index (Phi) is 8.07. The Bertz CT molecular complexity index is 2070. The largest absolute Gasteiger partial charge is 0.293 e. The topological polar surface area (TPSA) is 95.0 Å². The summed E-state index contributed by atoms with van der Waals surface area (Å²) >= 11 is 0. The van der Waals surface area contributed by atoms with Gasteiger partial charge in [-0.25, -0.2) is 43.6 Å². The third kappa shape index (κ3) is 6.19. The van der Waals surface area contributed by atoms with Crippen LogP contribution in [0.4, 0.5) is 0 Å². The van der Waals surface area contributed by atoms with E-state index >= 15 is 0 Å². The molecule has 0 unspecified atom stereocenters. The van der Waals surface area contributed by atoms with Gasteiger partial charge in [-0.1, -0.05) is 53.7 Å². The molecule has 0 atom stereocenters. The Morgan fingerprint density at radius 2 is 1.19 bits per heavy atom. The highest BCUT2D eigenvalue weighted by molar-refractivity contribution is 5.75. The maximum atomic E-state index is 4.88. The summed E-state index contributed by atoms with van der Waals surface area (Å²) in [4.78, 5) is 27.7. The Morgan fingerprint density at radius 3 is 1.79 bits per heavy atom. The SMILES string of the molecule is CC(C)n1cc[n+](C)c1-c1cc(-c2ncnc(C(C)(C)C)n2)ccc1-n1cc[n+](C)c1-c1cccc(-c2ncnc(C(C)(C)C)n2)c1. The van der Waals surface area contributed by atoms with Crippen LogP contribution in [0, 0.1) is 0 Å². The second-order valence-corrected chi connectivity index (χ2v) is 14.4. The second kappa shape index (κ2) is 11.9. The highest BCUT2D eigenvalue weighted by atomic mass is 15.2. The van der Waals surface area contributed by atoms with Crippen LogP contribution in [0.2, 0.25) is 0 Å². The van der Waals surface area contributed by atoms with Crippen molar-refractivity contribution in [1.29, 1.82) is 0 Å². The predicted molar refractivity (Wildman–Crippen MR) is 182 cm³/mol. The number of nitrogens with zero attached hydrogens (tertiary/aromatic N) is 10. The summed E-state index contributed by atoms with van der Waals surface area (Å²) in [6.07, 6.45) is 11.7. The van der Waals surface area contributed by atoms with Gasteiger partial charge in [0.25, 0.3) is 11.6 Å². The lowest BCUT2D eigenvalue weighted by molar-refractivity contribution is -0.659. The normalized spacial score (nSPS) is 12.2. The smallest absolute Gasteiger partial charge is 0.233 e. The Labute approximate surface area is 276 Å². The summed E-state index contributed by atoms with van der Waals surface area (Å²) in [5, 5.41) is 0. The van der Waals surface area contributed by atoms with Crippen molar-refractivity contribution in [2.24, 2.45) is 14.1 Å². The third-order valence-electron chi connectivity index (χ3n) is 8.21. The Morgan fingerprint density at radius 1 is 0.638 bits per heavy atom. The molecular weight excluding hydrogens is 584 g/mol. The lowest BCUT2D eigenvalue weighted by Crippen LogP contribution is -2.31. The number of hydrogen-bond acceptors (Lipinski definition) is 6. The molecule has 0 bridgehead atoms. The van der Waals surface area contributed by atoms with Crippen molar-refractivity contribution in [1.82, 2.24) is 39.0 Å². The number of rotatable bonds is 6. The van der Waals surface area contributed by atoms with Gasteiger partial charge < -0.3 is 0 Å². The van der Waals surface area contributed by atoms with E-state index in [-0.39, 0.29) is 16.9 Å². The number of imidazole rings is 2. The van der Waals surface area contributed by atoms with Crippen LogP contribution in [-0.2, 0) is 24.9 Å². The van der Waals surface area contributed by atoms with Gasteiger partial charge in [-0.3, -0.25) is 0 Å². The lowest BCUT2D eigenvalue weighted by atomic mass is 9.96. The third-order valence-corrected chi connectivity index (χ3v) is 8.21. The molecule has 4 heterocycles. The summed E-state index contributed by atoms with van der Waals surface area (Å²) in [5.74, 6) is 4.94. The van der Waals surface area contributed by atoms with E-state index in [0.29, 0.717) is 11.6 Å². The highest BCUT2D eigenvalue weighted by Gasteiger charge is 2.30. The predicted octanol–water partition coefficient (Wildman–Crippen LogP) is 6.14. The zero-order valence-electron chi connectivity index (χ0n) is 29.1. The molecule has 0 saturated carbocycles. The number of aromatic nitrogens is 10. The van der Waals surface area contributed by atoms with Crippen LogP contribution < -0.4 is 9.13 Å². The van der Waals surface area contributed by atoms with Crippen molar-refractivity contribution in [3.8, 4) is 51.2 Å². The van der Waals surface area contributed by atoms with Gasteiger partial charge in [-0.2, -0.15) is 4.57 Å². The lowest BCUT2D eigenvalue weighted by Gasteiger charge is -2.16. The van der Waals surface area contributed by atoms with Gasteiger partial charge in [0.1, 0.15) is 60.3 Å². The summed E-state index contributed by atoms with van der Waals surface area (Å²) < 4.78 is 8.87. The standard InChI is InChI=1S/C37H44N10/c1-24(2)46-18-16-45(10)33(46)28-21-26(31-39-23-41-35(43-31)37(6,7)8)14-15-29(28)47-19-17-44(9)32(47)27-13-11-12-25(20-27)30-38-22-40-34(42-30)36(3,4)5/h11-24H,1-10H3/q+2. The molecule has 10 nitrogen and oxygen atoms in total. The fourth-order valence-corrected chi connectivity index (χ4v) is 5.71. The van der Waals surface area contributed by atoms with Gasteiger partial charge in [0, 0.05) is 22.0 Å². The maximum absolute atomic E-state index is 4.88. The molecule has 4 aromatic heterocycles. The molecule has 0 amide bonds. The van der Waals surface area contributed by atoms with Gasteiger partial charge in [0.15, 0.2) is 11.6 Å². The average Bonchev–Trinajstić information content (AvgIpc) is 3.62. The maximum Gasteiger partial charge on any atom is 0.293 e. The molecule has 0 spiro atoms. The van der Waals surface area contributed by atoms with Crippen molar-refractivity contribution in [2.75, 3.05) is 0 Å². The molecule has 0 aliphatic carbocycles. The molecule has 6 aromatic rings. The van der Waals surface area contributed by atoms with Crippen LogP contribution in [0.3, 0.4) is 0 Å². The van der Waals surface area contributed by atoms with E-state index in [1.54, 1.807) is 12.7 Å². The molecule has 0 saturated heterocycles. The van der Waals surface area contributed by atoms with Crippen molar-refractivity contribution in [3.63, 3.8) is 0 Å². The zero-order valence-corrected chi connectivity index (χ0v) is 29.1.